The van der Waals surface area contributed by atoms with E-state index in [0.717, 1.165) is 32.1 Å². The Hall–Kier alpha value is -1.52. The van der Waals surface area contributed by atoms with Gasteiger partial charge in [-0.05, 0) is 39.0 Å². The van der Waals surface area contributed by atoms with E-state index in [2.05, 4.69) is 11.9 Å². The van der Waals surface area contributed by atoms with Crippen molar-refractivity contribution in [1.82, 2.24) is 5.32 Å². The molecule has 0 spiro atoms. The van der Waals surface area contributed by atoms with E-state index in [1.54, 1.807) is 0 Å². The molecule has 118 valence electrons. The number of rotatable bonds is 6. The monoisotopic (exact) mass is 295 g/mol. The van der Waals surface area contributed by atoms with E-state index in [1.807, 2.05) is 13.0 Å². The average molecular weight is 295 g/mol. The summed E-state index contributed by atoms with van der Waals surface area (Å²) in [7, 11) is 0. The number of nitrogens with one attached hydrogen (secondary N) is 1. The lowest BCUT2D eigenvalue weighted by Crippen LogP contribution is -2.50. The Morgan fingerprint density at radius 2 is 2.00 bits per heavy atom. The van der Waals surface area contributed by atoms with Gasteiger partial charge in [-0.2, -0.15) is 0 Å². The summed E-state index contributed by atoms with van der Waals surface area (Å²) in [6, 6.07) is 0. The summed E-state index contributed by atoms with van der Waals surface area (Å²) in [6.45, 7) is 7.02. The number of carbonyl (C=O) groups is 2. The molecule has 5 heteroatoms. The number of hydrogen-bond donors (Lipinski definition) is 1. The molecule has 2 saturated carbocycles. The van der Waals surface area contributed by atoms with E-state index in [4.69, 9.17) is 9.47 Å². The summed E-state index contributed by atoms with van der Waals surface area (Å²) >= 11 is 0. The van der Waals surface area contributed by atoms with Crippen LogP contribution in [0.2, 0.25) is 0 Å². The second kappa shape index (κ2) is 6.08. The van der Waals surface area contributed by atoms with Crippen molar-refractivity contribution >= 4 is 12.1 Å². The van der Waals surface area contributed by atoms with Gasteiger partial charge in [0.25, 0.3) is 0 Å². The Morgan fingerprint density at radius 1 is 1.33 bits per heavy atom. The topological polar surface area (TPSA) is 64.6 Å². The Balaban J connectivity index is 1.86. The van der Waals surface area contributed by atoms with Crippen molar-refractivity contribution in [3.05, 3.63) is 12.7 Å². The fraction of sp³-hybridized carbons (Fsp3) is 0.750. The lowest BCUT2D eigenvalue weighted by molar-refractivity contribution is -0.159. The molecule has 2 rings (SSSR count). The number of allylic oxidation sites excluding steroid dienone is 1. The number of ether oxygens (including phenoxy) is 2. The van der Waals surface area contributed by atoms with Crippen LogP contribution in [0.4, 0.5) is 4.79 Å². The smallest absolute Gasteiger partial charge is 0.410 e. The van der Waals surface area contributed by atoms with Crippen molar-refractivity contribution in [2.24, 2.45) is 5.92 Å². The fourth-order valence-corrected chi connectivity index (χ4v) is 3.18. The van der Waals surface area contributed by atoms with Crippen LogP contribution in [0.1, 0.15) is 58.8 Å². The number of esters is 1. The first kappa shape index (κ1) is 15.9. The standard InChI is InChI=1S/C16H25NO4/c1-4-5-8-13-11-15(13,3)21-14(19)17-16(20-12(2)18)9-6-7-10-16/h4,13H,1,5-11H2,2-3H3,(H,17,19)/t13-,15-/m0/s1. The van der Waals surface area contributed by atoms with E-state index < -0.39 is 11.8 Å². The van der Waals surface area contributed by atoms with Crippen molar-refractivity contribution in [2.75, 3.05) is 0 Å². The van der Waals surface area contributed by atoms with Crippen LogP contribution < -0.4 is 5.32 Å². The molecule has 21 heavy (non-hydrogen) atoms. The maximum absolute atomic E-state index is 12.1. The van der Waals surface area contributed by atoms with Gasteiger partial charge in [-0.15, -0.1) is 6.58 Å². The predicted molar refractivity (Wildman–Crippen MR) is 78.5 cm³/mol. The molecular formula is C16H25NO4. The molecule has 0 aliphatic heterocycles. The highest BCUT2D eigenvalue weighted by Gasteiger charge is 2.53. The maximum Gasteiger partial charge on any atom is 0.410 e. The zero-order valence-electron chi connectivity index (χ0n) is 12.9. The lowest BCUT2D eigenvalue weighted by atomic mass is 10.1. The molecule has 0 unspecified atom stereocenters. The van der Waals surface area contributed by atoms with Crippen LogP contribution in [0.3, 0.4) is 0 Å². The van der Waals surface area contributed by atoms with Gasteiger partial charge in [0.15, 0.2) is 5.72 Å². The quantitative estimate of drug-likeness (QED) is 0.464. The van der Waals surface area contributed by atoms with Gasteiger partial charge in [-0.3, -0.25) is 10.1 Å². The molecule has 0 aromatic rings. The molecule has 1 N–H and O–H groups in total. The van der Waals surface area contributed by atoms with Crippen LogP contribution in [0, 0.1) is 5.92 Å². The lowest BCUT2D eigenvalue weighted by Gasteiger charge is -2.29. The van der Waals surface area contributed by atoms with Gasteiger partial charge < -0.3 is 9.47 Å². The van der Waals surface area contributed by atoms with Gasteiger partial charge >= 0.3 is 12.1 Å². The first-order chi connectivity index (χ1) is 9.89. The number of hydrogen-bond acceptors (Lipinski definition) is 4. The molecule has 2 aliphatic rings. The Kier molecular flexibility index (Phi) is 4.59. The van der Waals surface area contributed by atoms with Gasteiger partial charge in [0.2, 0.25) is 0 Å². The average Bonchev–Trinajstić information content (AvgIpc) is 2.79. The fourth-order valence-electron chi connectivity index (χ4n) is 3.18. The van der Waals surface area contributed by atoms with Crippen LogP contribution >= 0.6 is 0 Å². The van der Waals surface area contributed by atoms with E-state index in [1.165, 1.54) is 6.92 Å². The zero-order valence-corrected chi connectivity index (χ0v) is 12.9. The van der Waals surface area contributed by atoms with E-state index in [-0.39, 0.29) is 11.6 Å². The Bertz CT molecular complexity index is 428. The summed E-state index contributed by atoms with van der Waals surface area (Å²) in [4.78, 5) is 23.3. The number of amides is 1. The molecule has 0 saturated heterocycles. The van der Waals surface area contributed by atoms with Crippen molar-refractivity contribution in [1.29, 1.82) is 0 Å². The summed E-state index contributed by atoms with van der Waals surface area (Å²) in [5, 5.41) is 2.77. The van der Waals surface area contributed by atoms with Gasteiger partial charge in [0.05, 0.1) is 0 Å². The van der Waals surface area contributed by atoms with Crippen molar-refractivity contribution in [3.8, 4) is 0 Å². The normalized spacial score (nSPS) is 29.5. The van der Waals surface area contributed by atoms with Crippen LogP contribution in [-0.2, 0) is 14.3 Å². The molecule has 0 heterocycles. The van der Waals surface area contributed by atoms with E-state index in [0.29, 0.717) is 18.8 Å². The molecule has 0 aromatic heterocycles. The van der Waals surface area contributed by atoms with E-state index in [9.17, 15) is 9.59 Å². The minimum absolute atomic E-state index is 0.376. The van der Waals surface area contributed by atoms with Gasteiger partial charge in [-0.25, -0.2) is 4.79 Å². The Morgan fingerprint density at radius 3 is 2.57 bits per heavy atom. The SMILES string of the molecule is C=CCC[C@H]1C[C@]1(C)OC(=O)NC1(OC(C)=O)CCCC1. The largest absolute Gasteiger partial charge is 0.443 e. The van der Waals surface area contributed by atoms with Crippen LogP contribution in [0.15, 0.2) is 12.7 Å². The van der Waals surface area contributed by atoms with E-state index >= 15 is 0 Å². The highest BCUT2D eigenvalue weighted by Crippen LogP contribution is 2.49. The van der Waals surface area contributed by atoms with Crippen LogP contribution in [0.5, 0.6) is 0 Å². The van der Waals surface area contributed by atoms with Gasteiger partial charge in [0, 0.05) is 25.7 Å². The van der Waals surface area contributed by atoms with Crippen molar-refractivity contribution in [2.45, 2.75) is 70.1 Å². The zero-order chi connectivity index (χ0) is 15.5. The molecular weight excluding hydrogens is 270 g/mol. The molecule has 5 nitrogen and oxygen atoms in total. The summed E-state index contributed by atoms with van der Waals surface area (Å²) in [5.41, 5.74) is -1.26. The first-order valence-electron chi connectivity index (χ1n) is 7.71. The second-order valence-electron chi connectivity index (χ2n) is 6.39. The molecule has 1 amide bonds. The third kappa shape index (κ3) is 3.99. The molecule has 0 bridgehead atoms. The third-order valence-electron chi connectivity index (χ3n) is 4.48. The third-order valence-corrected chi connectivity index (χ3v) is 4.48. The first-order valence-corrected chi connectivity index (χ1v) is 7.71. The van der Waals surface area contributed by atoms with Gasteiger partial charge in [0.1, 0.15) is 5.60 Å². The van der Waals surface area contributed by atoms with Crippen LogP contribution in [-0.4, -0.2) is 23.4 Å². The summed E-state index contributed by atoms with van der Waals surface area (Å²) in [5.74, 6) is 0.0215. The molecule has 0 aromatic carbocycles. The molecule has 2 fully saturated rings. The van der Waals surface area contributed by atoms with Crippen molar-refractivity contribution < 1.29 is 19.1 Å². The summed E-state index contributed by atoms with van der Waals surface area (Å²) in [6.07, 6.45) is 7.38. The molecule has 2 aliphatic carbocycles. The van der Waals surface area contributed by atoms with Gasteiger partial charge in [-0.1, -0.05) is 6.08 Å². The minimum Gasteiger partial charge on any atom is -0.443 e. The molecule has 2 atom stereocenters. The van der Waals surface area contributed by atoms with Crippen molar-refractivity contribution in [3.63, 3.8) is 0 Å². The maximum atomic E-state index is 12.1. The highest BCUT2D eigenvalue weighted by atomic mass is 16.6. The highest BCUT2D eigenvalue weighted by molar-refractivity contribution is 5.71. The Labute approximate surface area is 126 Å². The minimum atomic E-state index is -0.870. The predicted octanol–water partition coefficient (Wildman–Crippen LogP) is 3.29. The number of alkyl carbamates (subject to hydrolysis) is 1. The summed E-state index contributed by atoms with van der Waals surface area (Å²) < 4.78 is 10.9. The second-order valence-corrected chi connectivity index (χ2v) is 6.39. The van der Waals surface area contributed by atoms with Crippen LogP contribution in [0.25, 0.3) is 0 Å². The number of carbonyl (C=O) groups excluding carboxylic acids is 2. The molecule has 0 radical (unpaired) electrons.